The minimum absolute atomic E-state index is 0.0761. The number of hydrogen-bond acceptors (Lipinski definition) is 3. The monoisotopic (exact) mass is 292 g/mol. The van der Waals surface area contributed by atoms with Gasteiger partial charge in [0.1, 0.15) is 5.75 Å². The zero-order valence-corrected chi connectivity index (χ0v) is 12.6. The molecular weight excluding hydrogens is 268 g/mol. The van der Waals surface area contributed by atoms with Crippen LogP contribution < -0.4 is 10.6 Å². The molecule has 0 saturated carbocycles. The molecule has 2 amide bonds. The van der Waals surface area contributed by atoms with Gasteiger partial charge in [0.2, 0.25) is 0 Å². The van der Waals surface area contributed by atoms with E-state index >= 15 is 0 Å². The lowest BCUT2D eigenvalue weighted by Crippen LogP contribution is -2.42. The van der Waals surface area contributed by atoms with E-state index in [1.165, 1.54) is 0 Å². The number of nitrogens with one attached hydrogen (secondary N) is 2. The van der Waals surface area contributed by atoms with Gasteiger partial charge in [0, 0.05) is 6.54 Å². The lowest BCUT2D eigenvalue weighted by Gasteiger charge is -2.19. The topological polar surface area (TPSA) is 81.6 Å². The van der Waals surface area contributed by atoms with Gasteiger partial charge in [-0.05, 0) is 36.0 Å². The molecular formula is C16H24N2O3. The van der Waals surface area contributed by atoms with Crippen LogP contribution >= 0.6 is 0 Å². The maximum Gasteiger partial charge on any atom is 0.315 e. The molecule has 1 aromatic rings. The van der Waals surface area contributed by atoms with Crippen LogP contribution in [0.5, 0.6) is 5.75 Å². The number of fused-ring (bicyclic) bond motifs is 1. The molecule has 5 heteroatoms. The largest absolute Gasteiger partial charge is 0.508 e. The van der Waals surface area contributed by atoms with E-state index in [1.807, 2.05) is 19.9 Å². The number of phenolic OH excluding ortho intramolecular Hbond substituents is 1. The van der Waals surface area contributed by atoms with Crippen molar-refractivity contribution in [1.29, 1.82) is 0 Å². The number of benzene rings is 1. The molecule has 0 heterocycles. The molecule has 0 bridgehead atoms. The van der Waals surface area contributed by atoms with Gasteiger partial charge in [-0.3, -0.25) is 0 Å². The Morgan fingerprint density at radius 1 is 1.48 bits per heavy atom. The number of hydrogen-bond donors (Lipinski definition) is 4. The maximum atomic E-state index is 11.9. The molecule has 0 radical (unpaired) electrons. The highest BCUT2D eigenvalue weighted by atomic mass is 16.3. The van der Waals surface area contributed by atoms with Crippen molar-refractivity contribution in [2.24, 2.45) is 5.92 Å². The highest BCUT2D eigenvalue weighted by Gasteiger charge is 2.26. The third-order valence-electron chi connectivity index (χ3n) is 4.32. The quantitative estimate of drug-likeness (QED) is 0.670. The Labute approximate surface area is 125 Å². The number of phenols is 1. The third kappa shape index (κ3) is 3.67. The van der Waals surface area contributed by atoms with Crippen molar-refractivity contribution in [3.63, 3.8) is 0 Å². The first-order valence-corrected chi connectivity index (χ1v) is 7.56. The first-order valence-electron chi connectivity index (χ1n) is 7.56. The molecule has 21 heavy (non-hydrogen) atoms. The van der Waals surface area contributed by atoms with Gasteiger partial charge in [0.25, 0.3) is 0 Å². The van der Waals surface area contributed by atoms with E-state index in [4.69, 9.17) is 0 Å². The van der Waals surface area contributed by atoms with Gasteiger partial charge in [0.05, 0.1) is 12.1 Å². The summed E-state index contributed by atoms with van der Waals surface area (Å²) in [7, 11) is 0. The standard InChI is InChI=1S/C16H24N2O3/c1-3-10(2)15(20)9-17-16(21)18-13-8-7-12-11(13)5-4-6-14(12)19/h4-6,10,13,15,19-20H,3,7-9H2,1-2H3,(H2,17,18,21). The molecule has 0 aliphatic heterocycles. The molecule has 3 unspecified atom stereocenters. The zero-order valence-electron chi connectivity index (χ0n) is 12.6. The number of carbonyl (C=O) groups is 1. The lowest BCUT2D eigenvalue weighted by molar-refractivity contribution is 0.114. The van der Waals surface area contributed by atoms with Crippen LogP contribution in [0.4, 0.5) is 4.79 Å². The van der Waals surface area contributed by atoms with Crippen LogP contribution in [0, 0.1) is 5.92 Å². The van der Waals surface area contributed by atoms with E-state index in [0.29, 0.717) is 5.75 Å². The Morgan fingerprint density at radius 3 is 2.95 bits per heavy atom. The molecule has 116 valence electrons. The minimum Gasteiger partial charge on any atom is -0.508 e. The second kappa shape index (κ2) is 6.80. The van der Waals surface area contributed by atoms with Gasteiger partial charge in [-0.25, -0.2) is 4.79 Å². The van der Waals surface area contributed by atoms with Crippen molar-refractivity contribution in [3.05, 3.63) is 29.3 Å². The molecule has 1 aliphatic carbocycles. The Morgan fingerprint density at radius 2 is 2.24 bits per heavy atom. The Bertz CT molecular complexity index is 504. The first kappa shape index (κ1) is 15.6. The lowest BCUT2D eigenvalue weighted by atomic mass is 10.0. The van der Waals surface area contributed by atoms with Crippen molar-refractivity contribution >= 4 is 6.03 Å². The van der Waals surface area contributed by atoms with Gasteiger partial charge < -0.3 is 20.8 Å². The second-order valence-corrected chi connectivity index (χ2v) is 5.74. The van der Waals surface area contributed by atoms with E-state index in [9.17, 15) is 15.0 Å². The molecule has 0 spiro atoms. The van der Waals surface area contributed by atoms with Crippen molar-refractivity contribution in [2.45, 2.75) is 45.3 Å². The normalized spacial score (nSPS) is 19.7. The molecule has 5 nitrogen and oxygen atoms in total. The van der Waals surface area contributed by atoms with E-state index in [1.54, 1.807) is 12.1 Å². The van der Waals surface area contributed by atoms with E-state index < -0.39 is 6.10 Å². The van der Waals surface area contributed by atoms with Crippen LogP contribution in [0.1, 0.15) is 43.9 Å². The molecule has 0 fully saturated rings. The zero-order chi connectivity index (χ0) is 15.4. The van der Waals surface area contributed by atoms with Gasteiger partial charge in [-0.1, -0.05) is 32.4 Å². The summed E-state index contributed by atoms with van der Waals surface area (Å²) in [6.45, 7) is 4.22. The van der Waals surface area contributed by atoms with Crippen molar-refractivity contribution in [1.82, 2.24) is 10.6 Å². The van der Waals surface area contributed by atoms with Crippen LogP contribution in [-0.2, 0) is 6.42 Å². The smallest absolute Gasteiger partial charge is 0.315 e. The Kier molecular flexibility index (Phi) is 5.07. The minimum atomic E-state index is -0.527. The van der Waals surface area contributed by atoms with Crippen molar-refractivity contribution < 1.29 is 15.0 Å². The summed E-state index contributed by atoms with van der Waals surface area (Å²) < 4.78 is 0. The van der Waals surface area contributed by atoms with Crippen LogP contribution in [0.15, 0.2) is 18.2 Å². The maximum absolute atomic E-state index is 11.9. The summed E-state index contributed by atoms with van der Waals surface area (Å²) >= 11 is 0. The van der Waals surface area contributed by atoms with E-state index in [-0.39, 0.29) is 24.5 Å². The number of carbonyl (C=O) groups excluding carboxylic acids is 1. The predicted molar refractivity (Wildman–Crippen MR) is 81.2 cm³/mol. The Hall–Kier alpha value is -1.75. The van der Waals surface area contributed by atoms with E-state index in [0.717, 1.165) is 30.4 Å². The third-order valence-corrected chi connectivity index (χ3v) is 4.32. The van der Waals surface area contributed by atoms with E-state index in [2.05, 4.69) is 10.6 Å². The summed E-state index contributed by atoms with van der Waals surface area (Å²) in [6.07, 6.45) is 1.90. The van der Waals surface area contributed by atoms with Gasteiger partial charge >= 0.3 is 6.03 Å². The van der Waals surface area contributed by atoms with Crippen molar-refractivity contribution in [2.75, 3.05) is 6.54 Å². The van der Waals surface area contributed by atoms with Gasteiger partial charge in [0.15, 0.2) is 0 Å². The van der Waals surface area contributed by atoms with Crippen LogP contribution in [0.2, 0.25) is 0 Å². The van der Waals surface area contributed by atoms with Crippen molar-refractivity contribution in [3.8, 4) is 5.75 Å². The molecule has 2 rings (SSSR count). The number of rotatable bonds is 5. The highest BCUT2D eigenvalue weighted by Crippen LogP contribution is 2.36. The highest BCUT2D eigenvalue weighted by molar-refractivity contribution is 5.74. The summed E-state index contributed by atoms with van der Waals surface area (Å²) in [5, 5.41) is 25.2. The molecule has 4 N–H and O–H groups in total. The molecule has 1 aliphatic rings. The van der Waals surface area contributed by atoms with Gasteiger partial charge in [-0.15, -0.1) is 0 Å². The number of aromatic hydroxyl groups is 1. The molecule has 0 saturated heterocycles. The fourth-order valence-electron chi connectivity index (χ4n) is 2.66. The summed E-state index contributed by atoms with van der Waals surface area (Å²) in [5.74, 6) is 0.457. The number of aliphatic hydroxyl groups excluding tert-OH is 1. The SMILES string of the molecule is CCC(C)C(O)CNC(=O)NC1CCc2c(O)cccc21. The molecule has 3 atom stereocenters. The summed E-state index contributed by atoms with van der Waals surface area (Å²) in [6, 6.07) is 5.04. The number of aliphatic hydroxyl groups is 1. The Balaban J connectivity index is 1.87. The molecule has 0 aromatic heterocycles. The predicted octanol–water partition coefficient (Wildman–Crippen LogP) is 2.09. The van der Waals surface area contributed by atoms with Crippen LogP contribution in [-0.4, -0.2) is 28.9 Å². The van der Waals surface area contributed by atoms with Crippen LogP contribution in [0.25, 0.3) is 0 Å². The average Bonchev–Trinajstić information content (AvgIpc) is 2.88. The summed E-state index contributed by atoms with van der Waals surface area (Å²) in [5.41, 5.74) is 1.90. The number of amides is 2. The van der Waals surface area contributed by atoms with Gasteiger partial charge in [-0.2, -0.15) is 0 Å². The fourth-order valence-corrected chi connectivity index (χ4v) is 2.66. The average molecular weight is 292 g/mol. The number of urea groups is 1. The fraction of sp³-hybridized carbons (Fsp3) is 0.562. The second-order valence-electron chi connectivity index (χ2n) is 5.74. The molecule has 1 aromatic carbocycles. The first-order chi connectivity index (χ1) is 10.0. The summed E-state index contributed by atoms with van der Waals surface area (Å²) in [4.78, 5) is 11.9. The van der Waals surface area contributed by atoms with Crippen LogP contribution in [0.3, 0.4) is 0 Å².